The maximum Gasteiger partial charge on any atom is 0.184 e. The van der Waals surface area contributed by atoms with Crippen LogP contribution in [0.5, 0.6) is 0 Å². The lowest BCUT2D eigenvalue weighted by Crippen LogP contribution is -2.30. The highest BCUT2D eigenvalue weighted by Crippen LogP contribution is 2.41. The Morgan fingerprint density at radius 2 is 2.11 bits per heavy atom. The number of nitrogens with two attached hydrogens (primary N) is 1. The van der Waals surface area contributed by atoms with Gasteiger partial charge in [-0.15, -0.1) is 0 Å². The summed E-state index contributed by atoms with van der Waals surface area (Å²) in [5.41, 5.74) is 5.79. The van der Waals surface area contributed by atoms with Gasteiger partial charge >= 0.3 is 0 Å². The summed E-state index contributed by atoms with van der Waals surface area (Å²) >= 11 is 1.21. The molecule has 2 N–H and O–H groups in total. The van der Waals surface area contributed by atoms with Crippen molar-refractivity contribution in [2.75, 3.05) is 22.9 Å². The molecule has 5 nitrogen and oxygen atoms in total. The zero-order chi connectivity index (χ0) is 14.2. The number of sulfone groups is 1. The van der Waals surface area contributed by atoms with Crippen LogP contribution >= 0.6 is 11.5 Å². The van der Waals surface area contributed by atoms with Crippen LogP contribution in [-0.2, 0) is 9.84 Å². The molecule has 0 atom stereocenters. The molecule has 2 rings (SSSR count). The van der Waals surface area contributed by atoms with E-state index in [1.54, 1.807) is 6.92 Å². The first-order valence-corrected chi connectivity index (χ1v) is 9.04. The third-order valence-corrected chi connectivity index (χ3v) is 5.97. The molecule has 1 saturated carbocycles. The molecule has 1 fully saturated rings. The summed E-state index contributed by atoms with van der Waals surface area (Å²) in [7, 11) is -3.32. The van der Waals surface area contributed by atoms with Gasteiger partial charge in [-0.3, -0.25) is 0 Å². The minimum absolute atomic E-state index is 0.0583. The highest BCUT2D eigenvalue weighted by molar-refractivity contribution is 7.91. The highest BCUT2D eigenvalue weighted by Gasteiger charge is 2.35. The lowest BCUT2D eigenvalue weighted by atomic mass is 10.2. The van der Waals surface area contributed by atoms with Crippen molar-refractivity contribution in [3.8, 4) is 0 Å². The number of nitrogen functional groups attached to an aromatic ring is 1. The third kappa shape index (κ3) is 3.02. The molecule has 0 aromatic carbocycles. The molecule has 1 aromatic rings. The fourth-order valence-corrected chi connectivity index (χ4v) is 4.46. The molecule has 0 radical (unpaired) electrons. The van der Waals surface area contributed by atoms with E-state index in [4.69, 9.17) is 5.73 Å². The van der Waals surface area contributed by atoms with Crippen molar-refractivity contribution >= 4 is 32.2 Å². The fourth-order valence-electron chi connectivity index (χ4n) is 2.08. The number of nitrogens with zero attached hydrogens (tertiary/aromatic N) is 2. The standard InChI is InChI=1S/C12H21N3O2S2/c1-4-19(16,17)10-11(13)14-18-12(10)15(7-8(2)3)9-5-6-9/h8-9H,4-7H2,1-3H3,(H2,13,14). The molecule has 108 valence electrons. The molecule has 0 aliphatic heterocycles. The zero-order valence-electron chi connectivity index (χ0n) is 11.6. The Kier molecular flexibility index (Phi) is 4.06. The first kappa shape index (κ1) is 14.6. The Morgan fingerprint density at radius 1 is 1.47 bits per heavy atom. The number of rotatable bonds is 6. The van der Waals surface area contributed by atoms with Crippen LogP contribution in [0.2, 0.25) is 0 Å². The SMILES string of the molecule is CCS(=O)(=O)c1c(N)nsc1N(CC(C)C)C1CC1. The lowest BCUT2D eigenvalue weighted by Gasteiger charge is -2.25. The molecule has 0 amide bonds. The zero-order valence-corrected chi connectivity index (χ0v) is 13.2. The first-order chi connectivity index (χ1) is 8.86. The second kappa shape index (κ2) is 5.28. The van der Waals surface area contributed by atoms with Crippen molar-refractivity contribution in [1.82, 2.24) is 4.37 Å². The van der Waals surface area contributed by atoms with Gasteiger partial charge in [0.1, 0.15) is 9.90 Å². The largest absolute Gasteiger partial charge is 0.382 e. The van der Waals surface area contributed by atoms with Crippen molar-refractivity contribution < 1.29 is 8.42 Å². The van der Waals surface area contributed by atoms with Crippen molar-refractivity contribution in [3.63, 3.8) is 0 Å². The van der Waals surface area contributed by atoms with Gasteiger partial charge in [0.2, 0.25) is 0 Å². The second-order valence-corrected chi connectivity index (χ2v) is 8.35. The summed E-state index contributed by atoms with van der Waals surface area (Å²) in [5, 5.41) is 0.732. The Morgan fingerprint density at radius 3 is 2.58 bits per heavy atom. The van der Waals surface area contributed by atoms with Crippen LogP contribution in [-0.4, -0.2) is 31.1 Å². The first-order valence-electron chi connectivity index (χ1n) is 6.61. The Hall–Kier alpha value is -0.820. The van der Waals surface area contributed by atoms with E-state index >= 15 is 0 Å². The summed E-state index contributed by atoms with van der Waals surface area (Å²) in [4.78, 5) is 2.42. The van der Waals surface area contributed by atoms with E-state index in [0.29, 0.717) is 12.0 Å². The summed E-state index contributed by atoms with van der Waals surface area (Å²) in [6, 6.07) is 0.452. The fraction of sp³-hybridized carbons (Fsp3) is 0.750. The van der Waals surface area contributed by atoms with Gasteiger partial charge < -0.3 is 10.6 Å². The number of aromatic nitrogens is 1. The predicted octanol–water partition coefficient (Wildman–Crippen LogP) is 2.14. The molecule has 19 heavy (non-hydrogen) atoms. The highest BCUT2D eigenvalue weighted by atomic mass is 32.2. The Bertz CT molecular complexity index is 547. The van der Waals surface area contributed by atoms with Crippen LogP contribution in [0.1, 0.15) is 33.6 Å². The maximum absolute atomic E-state index is 12.2. The summed E-state index contributed by atoms with van der Waals surface area (Å²) < 4.78 is 28.5. The van der Waals surface area contributed by atoms with E-state index in [1.165, 1.54) is 11.5 Å². The monoisotopic (exact) mass is 303 g/mol. The average Bonchev–Trinajstić information content (AvgIpc) is 3.09. The predicted molar refractivity (Wildman–Crippen MR) is 79.5 cm³/mol. The van der Waals surface area contributed by atoms with Gasteiger partial charge in [0.05, 0.1) is 5.75 Å². The van der Waals surface area contributed by atoms with E-state index in [1.807, 2.05) is 0 Å². The molecule has 1 aliphatic carbocycles. The number of hydrogen-bond donors (Lipinski definition) is 1. The molecule has 7 heteroatoms. The molecule has 0 spiro atoms. The number of anilines is 2. The Labute approximate surface area is 118 Å². The number of hydrogen-bond acceptors (Lipinski definition) is 6. The average molecular weight is 303 g/mol. The summed E-state index contributed by atoms with van der Waals surface area (Å²) in [5.74, 6) is 0.681. The molecule has 0 saturated heterocycles. The summed E-state index contributed by atoms with van der Waals surface area (Å²) in [6.45, 7) is 6.75. The normalized spacial score (nSPS) is 16.0. The van der Waals surface area contributed by atoms with Gasteiger partial charge in [-0.05, 0) is 30.3 Å². The van der Waals surface area contributed by atoms with Crippen molar-refractivity contribution in [3.05, 3.63) is 0 Å². The molecule has 1 aromatic heterocycles. The molecular formula is C12H21N3O2S2. The van der Waals surface area contributed by atoms with Crippen LogP contribution in [0.4, 0.5) is 10.8 Å². The molecule has 1 heterocycles. The van der Waals surface area contributed by atoms with Crippen LogP contribution < -0.4 is 10.6 Å². The van der Waals surface area contributed by atoms with Crippen LogP contribution in [0.3, 0.4) is 0 Å². The molecular weight excluding hydrogens is 282 g/mol. The minimum atomic E-state index is -3.32. The molecule has 0 bridgehead atoms. The second-order valence-electron chi connectivity index (χ2n) is 5.38. The van der Waals surface area contributed by atoms with Gasteiger partial charge in [-0.2, -0.15) is 4.37 Å². The lowest BCUT2D eigenvalue weighted by molar-refractivity contribution is 0.592. The van der Waals surface area contributed by atoms with Gasteiger partial charge in [0, 0.05) is 12.6 Å². The minimum Gasteiger partial charge on any atom is -0.382 e. The molecule has 1 aliphatic rings. The van der Waals surface area contributed by atoms with Crippen molar-refractivity contribution in [2.45, 2.75) is 44.6 Å². The van der Waals surface area contributed by atoms with E-state index in [0.717, 1.165) is 24.4 Å². The van der Waals surface area contributed by atoms with Gasteiger partial charge in [0.25, 0.3) is 0 Å². The maximum atomic E-state index is 12.2. The van der Waals surface area contributed by atoms with E-state index in [-0.39, 0.29) is 16.5 Å². The third-order valence-electron chi connectivity index (χ3n) is 3.16. The van der Waals surface area contributed by atoms with Gasteiger partial charge in [0.15, 0.2) is 15.7 Å². The Balaban J connectivity index is 2.43. The summed E-state index contributed by atoms with van der Waals surface area (Å²) in [6.07, 6.45) is 2.24. The smallest absolute Gasteiger partial charge is 0.184 e. The topological polar surface area (TPSA) is 76.3 Å². The van der Waals surface area contributed by atoms with Crippen LogP contribution in [0, 0.1) is 5.92 Å². The molecule has 0 unspecified atom stereocenters. The van der Waals surface area contributed by atoms with Crippen LogP contribution in [0.15, 0.2) is 4.90 Å². The van der Waals surface area contributed by atoms with E-state index in [9.17, 15) is 8.42 Å². The van der Waals surface area contributed by atoms with Gasteiger partial charge in [-0.1, -0.05) is 20.8 Å². The van der Waals surface area contributed by atoms with E-state index in [2.05, 4.69) is 23.1 Å². The quantitative estimate of drug-likeness (QED) is 0.871. The van der Waals surface area contributed by atoms with Crippen molar-refractivity contribution in [2.24, 2.45) is 5.92 Å². The van der Waals surface area contributed by atoms with Crippen LogP contribution in [0.25, 0.3) is 0 Å². The van der Waals surface area contributed by atoms with Gasteiger partial charge in [-0.25, -0.2) is 8.42 Å². The van der Waals surface area contributed by atoms with E-state index < -0.39 is 9.84 Å². The van der Waals surface area contributed by atoms with Crippen molar-refractivity contribution in [1.29, 1.82) is 0 Å².